The molecule has 0 amide bonds. The van der Waals surface area contributed by atoms with Gasteiger partial charge in [0, 0.05) is 0 Å². The second-order valence-electron chi connectivity index (χ2n) is 4.87. The lowest BCUT2D eigenvalue weighted by Crippen LogP contribution is -2.65. The van der Waals surface area contributed by atoms with Crippen molar-refractivity contribution in [2.24, 2.45) is 0 Å². The summed E-state index contributed by atoms with van der Waals surface area (Å²) in [5, 5.41) is 0. The average molecular weight is 528 g/mol. The fraction of sp³-hybridized carbons (Fsp3) is 1.00. The standard InChI is InChI=1S/C9H6Cl3F13O2Si/c10-28(11,12)3-1-2-26-9(24,25)5(15,7(19,20)21)27-8(22,23)4(13,14)6(16,17)18/h1-3H2. The van der Waals surface area contributed by atoms with E-state index in [-0.39, 0.29) is 0 Å². The maximum atomic E-state index is 13.7. The molecule has 1 atom stereocenters. The Morgan fingerprint density at radius 1 is 0.643 bits per heavy atom. The number of halogens is 16. The second kappa shape index (κ2) is 8.32. The van der Waals surface area contributed by atoms with E-state index in [4.69, 9.17) is 33.2 Å². The van der Waals surface area contributed by atoms with Crippen molar-refractivity contribution in [2.45, 2.75) is 48.8 Å². The zero-order valence-corrected chi connectivity index (χ0v) is 15.8. The van der Waals surface area contributed by atoms with Gasteiger partial charge in [-0.15, -0.1) is 33.2 Å². The lowest BCUT2D eigenvalue weighted by molar-refractivity contribution is -0.533. The predicted octanol–water partition coefficient (Wildman–Crippen LogP) is 6.68. The molecule has 0 aliphatic heterocycles. The highest BCUT2D eigenvalue weighted by Gasteiger charge is 2.83. The summed E-state index contributed by atoms with van der Waals surface area (Å²) in [4.78, 5) is 0. The maximum absolute atomic E-state index is 13.7. The summed E-state index contributed by atoms with van der Waals surface area (Å²) in [6.07, 6.45) is -29.2. The first kappa shape index (κ1) is 28.1. The summed E-state index contributed by atoms with van der Waals surface area (Å²) in [6, 6.07) is -4.07. The molecule has 0 saturated heterocycles. The van der Waals surface area contributed by atoms with Crippen LogP contribution in [-0.2, 0) is 9.47 Å². The normalized spacial score (nSPS) is 17.6. The molecule has 1 unspecified atom stereocenters. The molecule has 0 aliphatic carbocycles. The van der Waals surface area contributed by atoms with Crippen molar-refractivity contribution in [2.75, 3.05) is 6.61 Å². The summed E-state index contributed by atoms with van der Waals surface area (Å²) < 4.78 is 170. The third-order valence-corrected chi connectivity index (χ3v) is 5.24. The molecular weight excluding hydrogens is 522 g/mol. The van der Waals surface area contributed by atoms with E-state index in [1.807, 2.05) is 0 Å². The van der Waals surface area contributed by atoms with Crippen LogP contribution < -0.4 is 0 Å². The molecule has 0 rings (SSSR count). The van der Waals surface area contributed by atoms with Crippen molar-refractivity contribution in [3.05, 3.63) is 0 Å². The van der Waals surface area contributed by atoms with Gasteiger partial charge in [0.25, 0.3) is 0 Å². The minimum absolute atomic E-state index is 0.553. The fourth-order valence-electron chi connectivity index (χ4n) is 1.25. The summed E-state index contributed by atoms with van der Waals surface area (Å²) >= 11 is 15.9. The van der Waals surface area contributed by atoms with Gasteiger partial charge in [-0.25, -0.2) is 0 Å². The smallest absolute Gasteiger partial charge is 0.316 e. The van der Waals surface area contributed by atoms with Crippen LogP contribution in [0.1, 0.15) is 6.42 Å². The van der Waals surface area contributed by atoms with Gasteiger partial charge in [0.15, 0.2) is 0 Å². The molecule has 0 saturated carbocycles. The SMILES string of the molecule is FC(F)(F)C(F)(F)C(F)(F)OC(F)(C(F)(F)F)C(F)(F)OCCC[Si](Cl)(Cl)Cl. The van der Waals surface area contributed by atoms with E-state index in [2.05, 4.69) is 4.74 Å². The molecule has 2 nitrogen and oxygen atoms in total. The first-order chi connectivity index (χ1) is 11.9. The molecule has 170 valence electrons. The molecule has 0 spiro atoms. The van der Waals surface area contributed by atoms with E-state index in [1.54, 1.807) is 4.74 Å². The van der Waals surface area contributed by atoms with Crippen LogP contribution in [-0.4, -0.2) is 49.0 Å². The van der Waals surface area contributed by atoms with Crippen molar-refractivity contribution in [3.8, 4) is 0 Å². The molecule has 28 heavy (non-hydrogen) atoms. The highest BCUT2D eigenvalue weighted by Crippen LogP contribution is 2.54. The Labute approximate surface area is 161 Å². The number of ether oxygens (including phenoxy) is 2. The predicted molar refractivity (Wildman–Crippen MR) is 70.6 cm³/mol. The van der Waals surface area contributed by atoms with Crippen LogP contribution in [0.5, 0.6) is 0 Å². The van der Waals surface area contributed by atoms with Gasteiger partial charge in [-0.1, -0.05) is 0 Å². The Balaban J connectivity index is 5.76. The Hall–Kier alpha value is 0.0969. The minimum atomic E-state index is -7.47. The number of hydrogen-bond donors (Lipinski definition) is 0. The van der Waals surface area contributed by atoms with Crippen LogP contribution in [0.2, 0.25) is 6.04 Å². The van der Waals surface area contributed by atoms with E-state index < -0.39 is 61.4 Å². The number of rotatable bonds is 9. The van der Waals surface area contributed by atoms with Crippen LogP contribution in [0.15, 0.2) is 0 Å². The molecule has 0 aromatic rings. The Morgan fingerprint density at radius 2 is 1.07 bits per heavy atom. The second-order valence-corrected chi connectivity index (χ2v) is 14.1. The summed E-state index contributed by atoms with van der Waals surface area (Å²) in [6.45, 7) is -1.60. The fourth-order valence-corrected chi connectivity index (χ4v) is 3.00. The summed E-state index contributed by atoms with van der Waals surface area (Å²) in [5.41, 5.74) is 0. The zero-order valence-electron chi connectivity index (χ0n) is 12.5. The maximum Gasteiger partial charge on any atom is 0.462 e. The van der Waals surface area contributed by atoms with Gasteiger partial charge in [-0.2, -0.15) is 57.1 Å². The number of alkyl halides is 13. The van der Waals surface area contributed by atoms with E-state index in [9.17, 15) is 57.1 Å². The van der Waals surface area contributed by atoms with Crippen LogP contribution in [0.25, 0.3) is 0 Å². The highest BCUT2D eigenvalue weighted by atomic mass is 35.8. The molecular formula is C9H6Cl3F13O2Si. The Morgan fingerprint density at radius 3 is 1.39 bits per heavy atom. The Bertz CT molecular complexity index is 533. The quantitative estimate of drug-likeness (QED) is 0.144. The van der Waals surface area contributed by atoms with Gasteiger partial charge in [0.2, 0.25) is 0 Å². The van der Waals surface area contributed by atoms with Gasteiger partial charge in [0.05, 0.1) is 6.61 Å². The van der Waals surface area contributed by atoms with Crippen molar-refractivity contribution < 1.29 is 66.5 Å². The zero-order chi connectivity index (χ0) is 23.0. The van der Waals surface area contributed by atoms with E-state index in [0.717, 1.165) is 0 Å². The van der Waals surface area contributed by atoms with Gasteiger partial charge in [0.1, 0.15) is 0 Å². The van der Waals surface area contributed by atoms with Crippen molar-refractivity contribution in [1.29, 1.82) is 0 Å². The van der Waals surface area contributed by atoms with E-state index >= 15 is 0 Å². The third kappa shape index (κ3) is 6.30. The minimum Gasteiger partial charge on any atom is -0.316 e. The number of hydrogen-bond acceptors (Lipinski definition) is 2. The van der Waals surface area contributed by atoms with Crippen LogP contribution in [0.3, 0.4) is 0 Å². The van der Waals surface area contributed by atoms with Gasteiger partial charge in [-0.05, 0) is 12.5 Å². The van der Waals surface area contributed by atoms with Crippen molar-refractivity contribution >= 4 is 39.2 Å². The third-order valence-electron chi connectivity index (χ3n) is 2.62. The molecule has 0 aromatic heterocycles. The van der Waals surface area contributed by atoms with E-state index in [0.29, 0.717) is 0 Å². The molecule has 0 N–H and O–H groups in total. The first-order valence-electron chi connectivity index (χ1n) is 6.28. The van der Waals surface area contributed by atoms with Crippen LogP contribution in [0, 0.1) is 0 Å². The van der Waals surface area contributed by atoms with Crippen LogP contribution in [0.4, 0.5) is 57.1 Å². The van der Waals surface area contributed by atoms with Crippen molar-refractivity contribution in [1.82, 2.24) is 0 Å². The lowest BCUT2D eigenvalue weighted by atomic mass is 10.2. The molecule has 19 heteroatoms. The lowest BCUT2D eigenvalue weighted by Gasteiger charge is -2.38. The molecule has 0 radical (unpaired) electrons. The molecule has 0 fully saturated rings. The first-order valence-corrected chi connectivity index (χ1v) is 11.5. The summed E-state index contributed by atoms with van der Waals surface area (Å²) in [7, 11) is 0. The van der Waals surface area contributed by atoms with Gasteiger partial charge < -0.3 is 4.74 Å². The van der Waals surface area contributed by atoms with E-state index in [1.165, 1.54) is 0 Å². The summed E-state index contributed by atoms with van der Waals surface area (Å²) in [5.74, 6) is -14.6. The largest absolute Gasteiger partial charge is 0.462 e. The van der Waals surface area contributed by atoms with Crippen molar-refractivity contribution in [3.63, 3.8) is 0 Å². The highest BCUT2D eigenvalue weighted by molar-refractivity contribution is 7.64. The Kier molecular flexibility index (Phi) is 8.35. The molecule has 0 heterocycles. The van der Waals surface area contributed by atoms with Gasteiger partial charge in [-0.3, -0.25) is 4.74 Å². The molecule has 0 aromatic carbocycles. The van der Waals surface area contributed by atoms with Gasteiger partial charge >= 0.3 is 42.4 Å². The average Bonchev–Trinajstić information content (AvgIpc) is 2.39. The topological polar surface area (TPSA) is 18.5 Å². The molecule has 0 bridgehead atoms. The monoisotopic (exact) mass is 526 g/mol. The van der Waals surface area contributed by atoms with Crippen LogP contribution >= 0.6 is 33.2 Å². The molecule has 0 aliphatic rings.